The van der Waals surface area contributed by atoms with Crippen LogP contribution >= 0.6 is 0 Å². The SMILES string of the molecule is CCOC(=O)N1CCN(/C=C(/C#N)C(=O)N2CCN(C(C)=O)CC2)CC1. The van der Waals surface area contributed by atoms with Crippen LogP contribution in [0.4, 0.5) is 4.79 Å². The fourth-order valence-corrected chi connectivity index (χ4v) is 2.96. The number of hydrogen-bond acceptors (Lipinski definition) is 6. The van der Waals surface area contributed by atoms with Crippen LogP contribution < -0.4 is 0 Å². The molecule has 0 atom stereocenters. The van der Waals surface area contributed by atoms with Crippen LogP contribution in [0.2, 0.25) is 0 Å². The van der Waals surface area contributed by atoms with Gasteiger partial charge >= 0.3 is 6.09 Å². The minimum absolute atomic E-state index is 0.00683. The third kappa shape index (κ3) is 4.88. The first kappa shape index (κ1) is 19.6. The van der Waals surface area contributed by atoms with Gasteiger partial charge in [0.15, 0.2) is 0 Å². The molecular weight excluding hydrogens is 338 g/mol. The normalized spacial score (nSPS) is 18.4. The Morgan fingerprint density at radius 3 is 2.00 bits per heavy atom. The summed E-state index contributed by atoms with van der Waals surface area (Å²) in [7, 11) is 0. The van der Waals surface area contributed by atoms with E-state index in [-0.39, 0.29) is 23.5 Å². The molecular formula is C17H25N5O4. The van der Waals surface area contributed by atoms with Gasteiger partial charge in [-0.05, 0) is 6.92 Å². The predicted octanol–water partition coefficient (Wildman–Crippen LogP) is -0.141. The van der Waals surface area contributed by atoms with Crippen LogP contribution in [0.1, 0.15) is 13.8 Å². The van der Waals surface area contributed by atoms with Crippen LogP contribution in [0.3, 0.4) is 0 Å². The summed E-state index contributed by atoms with van der Waals surface area (Å²) < 4.78 is 4.97. The lowest BCUT2D eigenvalue weighted by atomic mass is 10.2. The Morgan fingerprint density at radius 1 is 0.962 bits per heavy atom. The van der Waals surface area contributed by atoms with Crippen LogP contribution in [0.5, 0.6) is 0 Å². The first-order chi connectivity index (χ1) is 12.5. The zero-order valence-electron chi connectivity index (χ0n) is 15.3. The van der Waals surface area contributed by atoms with Crippen LogP contribution in [-0.2, 0) is 14.3 Å². The quantitative estimate of drug-likeness (QED) is 0.511. The molecule has 2 heterocycles. The highest BCUT2D eigenvalue weighted by Crippen LogP contribution is 2.10. The van der Waals surface area contributed by atoms with Crippen molar-refractivity contribution < 1.29 is 19.1 Å². The largest absolute Gasteiger partial charge is 0.450 e. The van der Waals surface area contributed by atoms with Crippen molar-refractivity contribution in [3.05, 3.63) is 11.8 Å². The number of rotatable bonds is 3. The van der Waals surface area contributed by atoms with E-state index in [9.17, 15) is 19.6 Å². The van der Waals surface area contributed by atoms with E-state index in [1.54, 1.807) is 27.8 Å². The average molecular weight is 363 g/mol. The minimum atomic E-state index is -0.337. The van der Waals surface area contributed by atoms with Gasteiger partial charge in [0.05, 0.1) is 6.61 Å². The molecule has 9 heteroatoms. The molecule has 0 bridgehead atoms. The summed E-state index contributed by atoms with van der Waals surface area (Å²) >= 11 is 0. The van der Waals surface area contributed by atoms with Crippen LogP contribution in [0.25, 0.3) is 0 Å². The summed E-state index contributed by atoms with van der Waals surface area (Å²) in [5.41, 5.74) is 0.0749. The van der Waals surface area contributed by atoms with Gasteiger partial charge in [0.25, 0.3) is 5.91 Å². The maximum Gasteiger partial charge on any atom is 0.409 e. The number of carbonyl (C=O) groups is 3. The summed E-state index contributed by atoms with van der Waals surface area (Å²) in [6.07, 6.45) is 1.23. The highest BCUT2D eigenvalue weighted by Gasteiger charge is 2.26. The molecule has 142 valence electrons. The molecule has 2 fully saturated rings. The number of ether oxygens (including phenoxy) is 1. The zero-order valence-corrected chi connectivity index (χ0v) is 15.3. The van der Waals surface area contributed by atoms with Crippen molar-refractivity contribution in [1.82, 2.24) is 19.6 Å². The number of nitrogens with zero attached hydrogens (tertiary/aromatic N) is 5. The van der Waals surface area contributed by atoms with Gasteiger partial charge in [-0.1, -0.05) is 0 Å². The highest BCUT2D eigenvalue weighted by atomic mass is 16.6. The van der Waals surface area contributed by atoms with E-state index < -0.39 is 0 Å². The lowest BCUT2D eigenvalue weighted by Gasteiger charge is -2.35. The van der Waals surface area contributed by atoms with Crippen molar-refractivity contribution in [2.24, 2.45) is 0 Å². The van der Waals surface area contributed by atoms with Crippen molar-refractivity contribution in [2.45, 2.75) is 13.8 Å². The predicted molar refractivity (Wildman–Crippen MR) is 92.7 cm³/mol. The number of amides is 3. The second-order valence-corrected chi connectivity index (χ2v) is 6.17. The number of nitriles is 1. The van der Waals surface area contributed by atoms with Gasteiger partial charge in [-0.2, -0.15) is 5.26 Å². The van der Waals surface area contributed by atoms with Gasteiger partial charge in [0, 0.05) is 65.5 Å². The molecule has 2 aliphatic rings. The monoisotopic (exact) mass is 363 g/mol. The topological polar surface area (TPSA) is 97.2 Å². The van der Waals surface area contributed by atoms with Gasteiger partial charge in [-0.15, -0.1) is 0 Å². The van der Waals surface area contributed by atoms with E-state index in [4.69, 9.17) is 4.74 Å². The molecule has 0 spiro atoms. The Kier molecular flexibility index (Phi) is 6.83. The Morgan fingerprint density at radius 2 is 1.50 bits per heavy atom. The lowest BCUT2D eigenvalue weighted by molar-refractivity contribution is -0.136. The summed E-state index contributed by atoms with van der Waals surface area (Å²) in [5.74, 6) is -0.323. The molecule has 2 aliphatic heterocycles. The molecule has 3 amide bonds. The Labute approximate surface area is 153 Å². The minimum Gasteiger partial charge on any atom is -0.450 e. The smallest absolute Gasteiger partial charge is 0.409 e. The first-order valence-corrected chi connectivity index (χ1v) is 8.78. The van der Waals surface area contributed by atoms with Crippen molar-refractivity contribution in [2.75, 3.05) is 59.0 Å². The molecule has 2 saturated heterocycles. The first-order valence-electron chi connectivity index (χ1n) is 8.78. The van der Waals surface area contributed by atoms with Crippen molar-refractivity contribution in [3.63, 3.8) is 0 Å². The van der Waals surface area contributed by atoms with Crippen LogP contribution in [-0.4, -0.2) is 96.5 Å². The summed E-state index contributed by atoms with van der Waals surface area (Å²) in [6, 6.07) is 1.98. The highest BCUT2D eigenvalue weighted by molar-refractivity contribution is 5.97. The van der Waals surface area contributed by atoms with E-state index >= 15 is 0 Å². The maximum atomic E-state index is 12.6. The van der Waals surface area contributed by atoms with Gasteiger partial charge in [-0.3, -0.25) is 9.59 Å². The molecule has 0 aromatic rings. The average Bonchev–Trinajstić information content (AvgIpc) is 2.66. The second kappa shape index (κ2) is 9.08. The lowest BCUT2D eigenvalue weighted by Crippen LogP contribution is -2.50. The molecule has 0 aromatic carbocycles. The van der Waals surface area contributed by atoms with Gasteiger partial charge in [-0.25, -0.2) is 4.79 Å². The standard InChI is InChI=1S/C17H25N5O4/c1-3-26-17(25)22-6-4-19(5-7-22)13-15(12-18)16(24)21-10-8-20(9-11-21)14(2)23/h13H,3-11H2,1-2H3/b15-13-. The molecule has 0 unspecified atom stereocenters. The van der Waals surface area contributed by atoms with Gasteiger partial charge < -0.3 is 24.3 Å². The maximum absolute atomic E-state index is 12.6. The molecule has 9 nitrogen and oxygen atoms in total. The Balaban J connectivity index is 1.90. The molecule has 26 heavy (non-hydrogen) atoms. The second-order valence-electron chi connectivity index (χ2n) is 6.17. The molecule has 0 radical (unpaired) electrons. The van der Waals surface area contributed by atoms with E-state index in [0.717, 1.165) is 0 Å². The van der Waals surface area contributed by atoms with Crippen molar-refractivity contribution >= 4 is 17.9 Å². The summed E-state index contributed by atoms with van der Waals surface area (Å²) in [4.78, 5) is 42.4. The molecule has 2 rings (SSSR count). The van der Waals surface area contributed by atoms with E-state index in [1.165, 1.54) is 6.92 Å². The van der Waals surface area contributed by atoms with Crippen LogP contribution in [0.15, 0.2) is 11.8 Å². The van der Waals surface area contributed by atoms with E-state index in [0.29, 0.717) is 59.0 Å². The fraction of sp³-hybridized carbons (Fsp3) is 0.647. The third-order valence-electron chi connectivity index (χ3n) is 4.52. The number of carbonyl (C=O) groups excluding carboxylic acids is 3. The Bertz CT molecular complexity index is 611. The van der Waals surface area contributed by atoms with Crippen molar-refractivity contribution in [3.8, 4) is 6.07 Å². The summed E-state index contributed by atoms with van der Waals surface area (Å²) in [6.45, 7) is 7.47. The fourth-order valence-electron chi connectivity index (χ4n) is 2.96. The summed E-state index contributed by atoms with van der Waals surface area (Å²) in [5, 5.41) is 9.37. The van der Waals surface area contributed by atoms with E-state index in [2.05, 4.69) is 0 Å². The van der Waals surface area contributed by atoms with Crippen LogP contribution in [0, 0.1) is 11.3 Å². The third-order valence-corrected chi connectivity index (χ3v) is 4.52. The van der Waals surface area contributed by atoms with Gasteiger partial charge in [0.2, 0.25) is 5.91 Å². The molecule has 0 N–H and O–H groups in total. The zero-order chi connectivity index (χ0) is 19.1. The molecule has 0 saturated carbocycles. The number of piperazine rings is 2. The van der Waals surface area contributed by atoms with Gasteiger partial charge in [0.1, 0.15) is 11.6 Å². The van der Waals surface area contributed by atoms with E-state index in [1.807, 2.05) is 11.0 Å². The molecule has 0 aliphatic carbocycles. The van der Waals surface area contributed by atoms with Crippen molar-refractivity contribution in [1.29, 1.82) is 5.26 Å². The Hall–Kier alpha value is -2.76. The molecule has 0 aromatic heterocycles. The number of hydrogen-bond donors (Lipinski definition) is 0.